The van der Waals surface area contributed by atoms with Gasteiger partial charge in [0.15, 0.2) is 11.6 Å². The van der Waals surface area contributed by atoms with E-state index >= 15 is 4.39 Å². The van der Waals surface area contributed by atoms with E-state index in [1.54, 1.807) is 19.2 Å². The van der Waals surface area contributed by atoms with E-state index in [2.05, 4.69) is 21.0 Å². The third-order valence-electron chi connectivity index (χ3n) is 7.47. The van der Waals surface area contributed by atoms with Crippen LogP contribution in [0.5, 0.6) is 11.8 Å². The van der Waals surface area contributed by atoms with Crippen molar-refractivity contribution < 1.29 is 18.3 Å². The molecule has 0 radical (unpaired) electrons. The summed E-state index contributed by atoms with van der Waals surface area (Å²) < 4.78 is 43.5. The van der Waals surface area contributed by atoms with Gasteiger partial charge in [0.05, 0.1) is 45.8 Å². The van der Waals surface area contributed by atoms with Crippen molar-refractivity contribution in [1.29, 1.82) is 10.5 Å². The van der Waals surface area contributed by atoms with E-state index in [9.17, 15) is 14.9 Å². The number of nitriles is 2. The number of thiophene rings is 1. The Labute approximate surface area is 259 Å². The number of benzene rings is 2. The molecule has 4 heterocycles. The van der Waals surface area contributed by atoms with E-state index < -0.39 is 23.6 Å². The van der Waals surface area contributed by atoms with Crippen molar-refractivity contribution in [2.45, 2.75) is 19.4 Å². The van der Waals surface area contributed by atoms with Gasteiger partial charge < -0.3 is 25.8 Å². The number of nitrogens with two attached hydrogens (primary N) is 2. The summed E-state index contributed by atoms with van der Waals surface area (Å²) in [6.45, 7) is 2.05. The molecule has 5 aromatic rings. The molecule has 6 rings (SSSR count). The summed E-state index contributed by atoms with van der Waals surface area (Å²) >= 11 is 7.87. The second-order valence-corrected chi connectivity index (χ2v) is 11.7. The number of rotatable bonds is 6. The molecule has 0 saturated carbocycles. The molecule has 2 atom stereocenters. The smallest absolute Gasteiger partial charge is 0.318 e. The van der Waals surface area contributed by atoms with Gasteiger partial charge in [-0.1, -0.05) is 17.7 Å². The first-order valence-electron chi connectivity index (χ1n) is 13.3. The minimum absolute atomic E-state index is 0.0103. The number of hydrogen-bond donors (Lipinski definition) is 2. The monoisotopic (exact) mass is 632 g/mol. The van der Waals surface area contributed by atoms with Crippen LogP contribution in [0, 0.1) is 40.2 Å². The molecule has 4 N–H and O–H groups in total. The van der Waals surface area contributed by atoms with Crippen LogP contribution < -0.4 is 25.8 Å². The van der Waals surface area contributed by atoms with Crippen LogP contribution in [0.1, 0.15) is 18.1 Å². The van der Waals surface area contributed by atoms with E-state index in [1.807, 2.05) is 17.0 Å². The molecule has 222 valence electrons. The molecule has 0 spiro atoms. The Hall–Kier alpha value is -4.98. The predicted molar refractivity (Wildman–Crippen MR) is 165 cm³/mol. The average Bonchev–Trinajstić information content (AvgIpc) is 3.28. The Morgan fingerprint density at radius 3 is 2.73 bits per heavy atom. The van der Waals surface area contributed by atoms with E-state index in [0.717, 1.165) is 16.9 Å². The number of aromatic nitrogens is 3. The number of ether oxygens (including phenoxy) is 2. The average molecular weight is 633 g/mol. The minimum Gasteiger partial charge on any atom is -0.489 e. The summed E-state index contributed by atoms with van der Waals surface area (Å²) in [7, 11) is 1.35. The normalized spacial score (nSPS) is 15.0. The molecule has 0 amide bonds. The van der Waals surface area contributed by atoms with Gasteiger partial charge in [-0.2, -0.15) is 20.5 Å². The van der Waals surface area contributed by atoms with Crippen molar-refractivity contribution in [1.82, 2.24) is 15.0 Å². The highest BCUT2D eigenvalue weighted by Gasteiger charge is 2.35. The lowest BCUT2D eigenvalue weighted by Crippen LogP contribution is -2.43. The van der Waals surface area contributed by atoms with Gasteiger partial charge in [-0.25, -0.2) is 13.8 Å². The number of nitrogens with zero attached hydrogens (tertiary/aromatic N) is 6. The fourth-order valence-corrected chi connectivity index (χ4v) is 6.77. The fourth-order valence-electron chi connectivity index (χ4n) is 5.49. The number of halogens is 3. The summed E-state index contributed by atoms with van der Waals surface area (Å²) in [4.78, 5) is 14.9. The number of methoxy groups -OCH3 is 1. The quantitative estimate of drug-likeness (QED) is 0.232. The van der Waals surface area contributed by atoms with Crippen molar-refractivity contribution in [3.8, 4) is 35.0 Å². The van der Waals surface area contributed by atoms with Gasteiger partial charge in [0, 0.05) is 23.7 Å². The Morgan fingerprint density at radius 2 is 2.02 bits per heavy atom. The van der Waals surface area contributed by atoms with E-state index in [0.29, 0.717) is 12.2 Å². The summed E-state index contributed by atoms with van der Waals surface area (Å²) in [5.41, 5.74) is 12.7. The highest BCUT2D eigenvalue weighted by molar-refractivity contribution is 7.23. The van der Waals surface area contributed by atoms with Crippen LogP contribution in [-0.4, -0.2) is 41.3 Å². The fraction of sp³-hybridized carbons (Fsp3) is 0.233. The molecular formula is C30H23ClF2N8O2S. The topological polar surface area (TPSA) is 160 Å². The molecule has 1 aliphatic rings. The zero-order chi connectivity index (χ0) is 31.3. The molecular weight excluding hydrogens is 610 g/mol. The van der Waals surface area contributed by atoms with Crippen LogP contribution >= 0.6 is 22.9 Å². The van der Waals surface area contributed by atoms with Gasteiger partial charge >= 0.3 is 6.01 Å². The van der Waals surface area contributed by atoms with Gasteiger partial charge in [-0.05, 0) is 42.7 Å². The zero-order valence-corrected chi connectivity index (χ0v) is 24.9. The number of pyridine rings is 1. The zero-order valence-electron chi connectivity index (χ0n) is 23.4. The number of fused-ring (bicyclic) bond motifs is 1. The van der Waals surface area contributed by atoms with Crippen molar-refractivity contribution in [3.63, 3.8) is 0 Å². The van der Waals surface area contributed by atoms with Crippen LogP contribution in [0.2, 0.25) is 5.02 Å². The summed E-state index contributed by atoms with van der Waals surface area (Å²) in [5, 5.41) is 19.8. The number of hydrogen-bond acceptors (Lipinski definition) is 11. The summed E-state index contributed by atoms with van der Waals surface area (Å²) in [6, 6.07) is 9.78. The second-order valence-electron chi connectivity index (χ2n) is 10.3. The van der Waals surface area contributed by atoms with Gasteiger partial charge in [0.1, 0.15) is 40.6 Å². The molecule has 0 aliphatic carbocycles. The second kappa shape index (κ2) is 11.3. The molecule has 0 bridgehead atoms. The lowest BCUT2D eigenvalue weighted by Gasteiger charge is -2.32. The Bertz CT molecular complexity index is 2060. The van der Waals surface area contributed by atoms with Crippen LogP contribution in [0.3, 0.4) is 0 Å². The third kappa shape index (κ3) is 4.71. The molecule has 0 fully saturated rings. The maximum Gasteiger partial charge on any atom is 0.318 e. The SMILES string of the molecule is COc1nc2c3c(c(Cl)c(-c4ccc(F)c5sc(N)c(C#N)c45)c(F)c3n1)OCC(Cc1ccnc(N)c1)N2CC(C)C#N. The number of nitrogen functional groups attached to an aromatic ring is 2. The maximum absolute atomic E-state index is 16.8. The van der Waals surface area contributed by atoms with Crippen molar-refractivity contribution in [2.24, 2.45) is 5.92 Å². The molecule has 10 nitrogen and oxygen atoms in total. The van der Waals surface area contributed by atoms with Crippen LogP contribution in [0.4, 0.5) is 25.4 Å². The molecule has 2 aromatic carbocycles. The van der Waals surface area contributed by atoms with E-state index in [4.69, 9.17) is 32.5 Å². The first-order valence-corrected chi connectivity index (χ1v) is 14.5. The van der Waals surface area contributed by atoms with Gasteiger partial charge in [-0.15, -0.1) is 11.3 Å². The largest absolute Gasteiger partial charge is 0.489 e. The summed E-state index contributed by atoms with van der Waals surface area (Å²) in [6.07, 6.45) is 2.01. The Morgan fingerprint density at radius 1 is 1.23 bits per heavy atom. The first-order chi connectivity index (χ1) is 21.2. The van der Waals surface area contributed by atoms with Crippen molar-refractivity contribution >= 4 is 60.6 Å². The van der Waals surface area contributed by atoms with Crippen LogP contribution in [0.15, 0.2) is 30.5 Å². The lowest BCUT2D eigenvalue weighted by molar-refractivity contribution is 0.285. The number of anilines is 3. The molecule has 3 aromatic heterocycles. The highest BCUT2D eigenvalue weighted by atomic mass is 35.5. The molecule has 14 heteroatoms. The first kappa shape index (κ1) is 29.1. The van der Waals surface area contributed by atoms with E-state index in [-0.39, 0.29) is 78.4 Å². The highest BCUT2D eigenvalue weighted by Crippen LogP contribution is 2.51. The maximum atomic E-state index is 16.8. The van der Waals surface area contributed by atoms with E-state index in [1.165, 1.54) is 19.2 Å². The molecule has 1 aliphatic heterocycles. The van der Waals surface area contributed by atoms with Crippen LogP contribution in [-0.2, 0) is 6.42 Å². The van der Waals surface area contributed by atoms with Crippen molar-refractivity contribution in [3.05, 3.63) is 58.2 Å². The standard InChI is InChI=1S/C30H23ClF2N8O2S/c1-13(9-34)11-41-15(7-14-5-6-38-19(36)8-14)12-43-26-22-25(39-30(42-2)40-29(22)41)24(33)21(23(26)31)16-3-4-18(32)27-20(16)17(10-35)28(37)44-27/h3-6,8,13,15H,7,11-12,37H2,1-2H3,(H2,36,38). The van der Waals surface area contributed by atoms with Crippen molar-refractivity contribution in [2.75, 3.05) is 36.6 Å². The Balaban J connectivity index is 1.65. The lowest BCUT2D eigenvalue weighted by atomic mass is 9.96. The third-order valence-corrected chi connectivity index (χ3v) is 8.85. The minimum atomic E-state index is -0.852. The predicted octanol–water partition coefficient (Wildman–Crippen LogP) is 5.85. The van der Waals surface area contributed by atoms with Gasteiger partial charge in [0.25, 0.3) is 0 Å². The van der Waals surface area contributed by atoms with Gasteiger partial charge in [-0.3, -0.25) is 0 Å². The van der Waals surface area contributed by atoms with Gasteiger partial charge in [0.2, 0.25) is 0 Å². The Kier molecular flexibility index (Phi) is 7.45. The molecule has 0 saturated heterocycles. The molecule has 2 unspecified atom stereocenters. The summed E-state index contributed by atoms with van der Waals surface area (Å²) in [5.74, 6) is -1.20. The molecule has 44 heavy (non-hydrogen) atoms. The van der Waals surface area contributed by atoms with Crippen LogP contribution in [0.25, 0.3) is 32.1 Å².